The van der Waals surface area contributed by atoms with Gasteiger partial charge in [0.1, 0.15) is 5.75 Å². The Bertz CT molecular complexity index is 1340. The van der Waals surface area contributed by atoms with Crippen LogP contribution in [0.3, 0.4) is 0 Å². The molecule has 3 rings (SSSR count). The van der Waals surface area contributed by atoms with E-state index in [1.807, 2.05) is 6.92 Å². The number of hydrogen-bond donors (Lipinski definition) is 1. The Morgan fingerprint density at radius 2 is 1.71 bits per heavy atom. The minimum absolute atomic E-state index is 0.0185. The van der Waals surface area contributed by atoms with Crippen molar-refractivity contribution < 1.29 is 31.1 Å². The van der Waals surface area contributed by atoms with Crippen LogP contribution in [0.4, 0.5) is 18.9 Å². The van der Waals surface area contributed by atoms with E-state index in [0.717, 1.165) is 22.0 Å². The molecule has 1 N–H and O–H groups in total. The number of carbonyl (C=O) groups is 1. The zero-order valence-electron chi connectivity index (χ0n) is 19.0. The second-order valence-electron chi connectivity index (χ2n) is 7.74. The molecule has 0 aliphatic carbocycles. The summed E-state index contributed by atoms with van der Waals surface area (Å²) in [4.78, 5) is 12.9. The first-order chi connectivity index (χ1) is 16.3. The first-order valence-electron chi connectivity index (χ1n) is 10.2. The van der Waals surface area contributed by atoms with Crippen molar-refractivity contribution in [3.05, 3.63) is 87.9 Å². The fourth-order valence-electron chi connectivity index (χ4n) is 3.31. The second kappa shape index (κ2) is 10.3. The van der Waals surface area contributed by atoms with Crippen LogP contribution >= 0.6 is 11.6 Å². The summed E-state index contributed by atoms with van der Waals surface area (Å²) in [7, 11) is -1.08. The summed E-state index contributed by atoms with van der Waals surface area (Å²) in [6, 6.07) is 13.6. The molecule has 1 amide bonds. The monoisotopic (exact) mass is 526 g/mol. The van der Waals surface area contributed by atoms with Gasteiger partial charge >= 0.3 is 6.18 Å². The lowest BCUT2D eigenvalue weighted by atomic mass is 10.1. The zero-order chi connectivity index (χ0) is 26.0. The largest absolute Gasteiger partial charge is 0.496 e. The SMILES string of the molecule is COc1ccc(C(=O)Nc2ccc(Cl)cc2C(F)(F)F)cc1CN(C)S(=O)(=O)c1ccc(C)cc1. The molecule has 0 aliphatic rings. The Balaban J connectivity index is 1.89. The standard InChI is InChI=1S/C24H22ClF3N2O4S/c1-15-4-8-19(9-5-15)35(32,33)30(2)14-17-12-16(6-11-22(17)34-3)23(31)29-21-10-7-18(25)13-20(21)24(26,27)28/h4-13H,14H2,1-3H3,(H,29,31). The molecule has 3 aromatic rings. The van der Waals surface area contributed by atoms with Crippen LogP contribution in [0.15, 0.2) is 65.6 Å². The first kappa shape index (κ1) is 26.5. The van der Waals surface area contributed by atoms with E-state index in [9.17, 15) is 26.4 Å². The number of ether oxygens (including phenoxy) is 1. The molecule has 3 aromatic carbocycles. The molecule has 0 heterocycles. The molecule has 0 unspecified atom stereocenters. The molecule has 0 saturated heterocycles. The molecule has 0 aromatic heterocycles. The molecule has 0 saturated carbocycles. The van der Waals surface area contributed by atoms with Crippen molar-refractivity contribution in [3.63, 3.8) is 0 Å². The number of sulfonamides is 1. The van der Waals surface area contributed by atoms with Crippen molar-refractivity contribution in [3.8, 4) is 5.75 Å². The molecule has 0 bridgehead atoms. The average molecular weight is 527 g/mol. The van der Waals surface area contributed by atoms with Crippen molar-refractivity contribution in [2.75, 3.05) is 19.5 Å². The van der Waals surface area contributed by atoms with Gasteiger partial charge in [-0.25, -0.2) is 8.42 Å². The molecule has 186 valence electrons. The zero-order valence-corrected chi connectivity index (χ0v) is 20.6. The topological polar surface area (TPSA) is 75.7 Å². The maximum Gasteiger partial charge on any atom is 0.418 e. The molecule has 35 heavy (non-hydrogen) atoms. The van der Waals surface area contributed by atoms with Crippen LogP contribution in [0, 0.1) is 6.92 Å². The van der Waals surface area contributed by atoms with Gasteiger partial charge in [-0.15, -0.1) is 0 Å². The maximum absolute atomic E-state index is 13.4. The van der Waals surface area contributed by atoms with Gasteiger partial charge < -0.3 is 10.1 Å². The van der Waals surface area contributed by atoms with Crippen molar-refractivity contribution in [2.24, 2.45) is 0 Å². The highest BCUT2D eigenvalue weighted by Gasteiger charge is 2.34. The number of benzene rings is 3. The van der Waals surface area contributed by atoms with Gasteiger partial charge in [0.25, 0.3) is 5.91 Å². The predicted octanol–water partition coefficient (Wildman–Crippen LogP) is 5.75. The molecule has 0 atom stereocenters. The average Bonchev–Trinajstić information content (AvgIpc) is 2.79. The summed E-state index contributed by atoms with van der Waals surface area (Å²) >= 11 is 5.69. The Hall–Kier alpha value is -3.08. The van der Waals surface area contributed by atoms with Gasteiger partial charge in [-0.05, 0) is 55.5 Å². The number of methoxy groups -OCH3 is 1. The normalized spacial score (nSPS) is 12.0. The van der Waals surface area contributed by atoms with Crippen molar-refractivity contribution in [1.29, 1.82) is 0 Å². The molecular weight excluding hydrogens is 505 g/mol. The summed E-state index contributed by atoms with van der Waals surface area (Å²) in [6.45, 7) is 1.69. The van der Waals surface area contributed by atoms with Crippen molar-refractivity contribution >= 4 is 33.2 Å². The second-order valence-corrected chi connectivity index (χ2v) is 10.2. The fraction of sp³-hybridized carbons (Fsp3) is 0.208. The van der Waals surface area contributed by atoms with Crippen LogP contribution in [0.2, 0.25) is 5.02 Å². The third-order valence-corrected chi connectivity index (χ3v) is 7.25. The Kier molecular flexibility index (Phi) is 7.78. The predicted molar refractivity (Wildman–Crippen MR) is 127 cm³/mol. The van der Waals surface area contributed by atoms with Crippen LogP contribution in [0.5, 0.6) is 5.75 Å². The highest BCUT2D eigenvalue weighted by Crippen LogP contribution is 2.37. The van der Waals surface area contributed by atoms with E-state index in [-0.39, 0.29) is 22.0 Å². The van der Waals surface area contributed by atoms with Gasteiger partial charge in [-0.3, -0.25) is 4.79 Å². The third kappa shape index (κ3) is 6.14. The number of nitrogens with zero attached hydrogens (tertiary/aromatic N) is 1. The number of aryl methyl sites for hydroxylation is 1. The molecule has 0 fully saturated rings. The van der Waals surface area contributed by atoms with Gasteiger partial charge in [0.15, 0.2) is 0 Å². The number of alkyl halides is 3. The summed E-state index contributed by atoms with van der Waals surface area (Å²) < 4.78 is 72.4. The van der Waals surface area contributed by atoms with Crippen LogP contribution in [0.25, 0.3) is 0 Å². The highest BCUT2D eigenvalue weighted by atomic mass is 35.5. The molecule has 11 heteroatoms. The van der Waals surface area contributed by atoms with Crippen LogP contribution in [-0.4, -0.2) is 32.8 Å². The first-order valence-corrected chi connectivity index (χ1v) is 12.0. The van der Waals surface area contributed by atoms with Gasteiger partial charge in [0, 0.05) is 29.7 Å². The molecule has 6 nitrogen and oxygen atoms in total. The molecule has 0 aliphatic heterocycles. The number of hydrogen-bond acceptors (Lipinski definition) is 4. The van der Waals surface area contributed by atoms with E-state index in [1.165, 1.54) is 50.6 Å². The fourth-order valence-corrected chi connectivity index (χ4v) is 4.63. The smallest absolute Gasteiger partial charge is 0.418 e. The lowest BCUT2D eigenvalue weighted by Crippen LogP contribution is -2.27. The maximum atomic E-state index is 13.4. The summed E-state index contributed by atoms with van der Waals surface area (Å²) in [5, 5.41) is 2.12. The summed E-state index contributed by atoms with van der Waals surface area (Å²) in [5.41, 5.74) is -0.267. The molecular formula is C24H22ClF3N2O4S. The Morgan fingerprint density at radius 3 is 2.31 bits per heavy atom. The highest BCUT2D eigenvalue weighted by molar-refractivity contribution is 7.89. The van der Waals surface area contributed by atoms with E-state index in [4.69, 9.17) is 16.3 Å². The number of carbonyl (C=O) groups excluding carboxylic acids is 1. The molecule has 0 radical (unpaired) electrons. The van der Waals surface area contributed by atoms with Crippen molar-refractivity contribution in [1.82, 2.24) is 4.31 Å². The summed E-state index contributed by atoms with van der Waals surface area (Å²) in [6.07, 6.45) is -4.73. The number of halogens is 4. The van der Waals surface area contributed by atoms with E-state index >= 15 is 0 Å². The van der Waals surface area contributed by atoms with E-state index < -0.39 is 33.4 Å². The Morgan fingerprint density at radius 1 is 1.06 bits per heavy atom. The van der Waals surface area contributed by atoms with Crippen LogP contribution in [0.1, 0.15) is 27.0 Å². The quantitative estimate of drug-likeness (QED) is 0.425. The third-order valence-electron chi connectivity index (χ3n) is 5.20. The molecule has 0 spiro atoms. The number of rotatable bonds is 7. The lowest BCUT2D eigenvalue weighted by molar-refractivity contribution is -0.136. The number of amides is 1. The van der Waals surface area contributed by atoms with Crippen molar-refractivity contribution in [2.45, 2.75) is 24.5 Å². The lowest BCUT2D eigenvalue weighted by Gasteiger charge is -2.20. The van der Waals surface area contributed by atoms with Gasteiger partial charge in [0.05, 0.1) is 23.3 Å². The van der Waals surface area contributed by atoms with Crippen LogP contribution < -0.4 is 10.1 Å². The number of anilines is 1. The van der Waals surface area contributed by atoms with Crippen LogP contribution in [-0.2, 0) is 22.7 Å². The van der Waals surface area contributed by atoms with E-state index in [2.05, 4.69) is 5.32 Å². The van der Waals surface area contributed by atoms with Gasteiger partial charge in [-0.1, -0.05) is 29.3 Å². The van der Waals surface area contributed by atoms with Gasteiger partial charge in [0.2, 0.25) is 10.0 Å². The minimum Gasteiger partial charge on any atom is -0.496 e. The minimum atomic E-state index is -4.73. The Labute approximate surface area is 206 Å². The number of nitrogens with one attached hydrogen (secondary N) is 1. The van der Waals surface area contributed by atoms with E-state index in [0.29, 0.717) is 11.3 Å². The van der Waals surface area contributed by atoms with Gasteiger partial charge in [-0.2, -0.15) is 17.5 Å². The van der Waals surface area contributed by atoms with E-state index in [1.54, 1.807) is 12.1 Å². The summed E-state index contributed by atoms with van der Waals surface area (Å²) in [5.74, 6) is -0.499.